The summed E-state index contributed by atoms with van der Waals surface area (Å²) in [4.78, 5) is 13.2. The van der Waals surface area contributed by atoms with Crippen LogP contribution in [0, 0.1) is 13.8 Å². The van der Waals surface area contributed by atoms with E-state index in [0.717, 1.165) is 39.6 Å². The molecule has 3 aromatic carbocycles. The van der Waals surface area contributed by atoms with Gasteiger partial charge in [-0.25, -0.2) is 4.52 Å². The number of aromatic nitrogens is 4. The Labute approximate surface area is 197 Å². The van der Waals surface area contributed by atoms with Crippen molar-refractivity contribution in [3.63, 3.8) is 0 Å². The number of hydrogen-bond acceptors (Lipinski definition) is 5. The number of ether oxygens (including phenoxy) is 1. The lowest BCUT2D eigenvalue weighted by molar-refractivity contribution is 0.101. The van der Waals surface area contributed by atoms with Crippen LogP contribution in [-0.4, -0.2) is 32.8 Å². The van der Waals surface area contributed by atoms with Crippen molar-refractivity contribution >= 4 is 28.0 Å². The maximum atomic E-state index is 13.2. The van der Waals surface area contributed by atoms with Crippen LogP contribution in [0.5, 0.6) is 5.75 Å². The van der Waals surface area contributed by atoms with Gasteiger partial charge in [0.15, 0.2) is 11.3 Å². The first-order chi connectivity index (χ1) is 16.5. The zero-order valence-corrected chi connectivity index (χ0v) is 19.6. The van der Waals surface area contributed by atoms with Gasteiger partial charge in [0.1, 0.15) is 5.75 Å². The Kier molecular flexibility index (Phi) is 5.45. The second-order valence-corrected chi connectivity index (χ2v) is 8.23. The minimum Gasteiger partial charge on any atom is -0.495 e. The van der Waals surface area contributed by atoms with Gasteiger partial charge in [0.2, 0.25) is 0 Å². The molecular weight excluding hydrogens is 426 g/mol. The summed E-state index contributed by atoms with van der Waals surface area (Å²) in [6, 6.07) is 20.1. The highest BCUT2D eigenvalue weighted by molar-refractivity contribution is 6.05. The number of carbonyl (C=O) groups excluding carboxylic acids is 1. The fourth-order valence-electron chi connectivity index (χ4n) is 4.33. The maximum Gasteiger partial charge on any atom is 0.278 e. The zero-order valence-electron chi connectivity index (χ0n) is 19.6. The van der Waals surface area contributed by atoms with E-state index in [1.165, 1.54) is 0 Å². The number of benzene rings is 3. The Morgan fingerprint density at radius 3 is 2.62 bits per heavy atom. The van der Waals surface area contributed by atoms with Gasteiger partial charge in [-0.3, -0.25) is 4.79 Å². The SMILES string of the molecule is CCc1nn2c(C)c(C(=O)Nc3cc(C)ccc3OC)nnc2c1-c1cccc2ccccc12. The highest BCUT2D eigenvalue weighted by Gasteiger charge is 2.22. The van der Waals surface area contributed by atoms with Crippen LogP contribution in [0.1, 0.15) is 34.4 Å². The highest BCUT2D eigenvalue weighted by atomic mass is 16.5. The number of carbonyl (C=O) groups is 1. The van der Waals surface area contributed by atoms with E-state index in [0.29, 0.717) is 22.8 Å². The van der Waals surface area contributed by atoms with Crippen LogP contribution < -0.4 is 10.1 Å². The molecule has 0 radical (unpaired) electrons. The van der Waals surface area contributed by atoms with Gasteiger partial charge in [-0.15, -0.1) is 10.2 Å². The molecule has 0 aliphatic rings. The lowest BCUT2D eigenvalue weighted by atomic mass is 9.97. The third kappa shape index (κ3) is 3.55. The first-order valence-corrected chi connectivity index (χ1v) is 11.2. The van der Waals surface area contributed by atoms with Crippen LogP contribution in [0.3, 0.4) is 0 Å². The summed E-state index contributed by atoms with van der Waals surface area (Å²) < 4.78 is 7.11. The third-order valence-electron chi connectivity index (χ3n) is 6.05. The molecule has 0 aliphatic carbocycles. The van der Waals surface area contributed by atoms with Gasteiger partial charge >= 0.3 is 0 Å². The van der Waals surface area contributed by atoms with Gasteiger partial charge < -0.3 is 10.1 Å². The van der Waals surface area contributed by atoms with Crippen molar-refractivity contribution in [2.75, 3.05) is 12.4 Å². The Balaban J connectivity index is 1.63. The fraction of sp³-hybridized carbons (Fsp3) is 0.185. The molecule has 0 bridgehead atoms. The van der Waals surface area contributed by atoms with Crippen molar-refractivity contribution in [3.8, 4) is 16.9 Å². The minimum atomic E-state index is -0.365. The lowest BCUT2D eigenvalue weighted by Gasteiger charge is -2.12. The average molecular weight is 452 g/mol. The van der Waals surface area contributed by atoms with E-state index in [9.17, 15) is 4.79 Å². The number of rotatable bonds is 5. The second-order valence-electron chi connectivity index (χ2n) is 8.23. The van der Waals surface area contributed by atoms with Gasteiger partial charge in [-0.1, -0.05) is 55.5 Å². The number of anilines is 1. The number of nitrogens with one attached hydrogen (secondary N) is 1. The molecule has 5 aromatic rings. The van der Waals surface area contributed by atoms with Crippen molar-refractivity contribution in [3.05, 3.63) is 83.3 Å². The first kappa shape index (κ1) is 21.6. The van der Waals surface area contributed by atoms with Crippen LogP contribution in [0.15, 0.2) is 60.7 Å². The van der Waals surface area contributed by atoms with E-state index in [2.05, 4.69) is 46.7 Å². The maximum absolute atomic E-state index is 13.2. The molecular formula is C27H25N5O2. The summed E-state index contributed by atoms with van der Waals surface area (Å²) in [7, 11) is 1.57. The molecule has 0 atom stereocenters. The largest absolute Gasteiger partial charge is 0.495 e. The van der Waals surface area contributed by atoms with Crippen molar-refractivity contribution < 1.29 is 9.53 Å². The monoisotopic (exact) mass is 451 g/mol. The van der Waals surface area contributed by atoms with Crippen LogP contribution in [0.4, 0.5) is 5.69 Å². The highest BCUT2D eigenvalue weighted by Crippen LogP contribution is 2.34. The Bertz CT molecular complexity index is 1550. The van der Waals surface area contributed by atoms with E-state index in [1.54, 1.807) is 11.6 Å². The molecule has 0 spiro atoms. The van der Waals surface area contributed by atoms with E-state index >= 15 is 0 Å². The molecule has 2 aromatic heterocycles. The van der Waals surface area contributed by atoms with E-state index < -0.39 is 0 Å². The van der Waals surface area contributed by atoms with Gasteiger partial charge in [0.25, 0.3) is 5.91 Å². The van der Waals surface area contributed by atoms with Crippen molar-refractivity contribution in [2.45, 2.75) is 27.2 Å². The Morgan fingerprint density at radius 2 is 1.82 bits per heavy atom. The number of methoxy groups -OCH3 is 1. The standard InChI is InChI=1S/C27H25N5O2/c1-5-21-24(20-12-8-10-18-9-6-7-11-19(18)20)26-30-29-25(17(3)32(26)31-21)27(33)28-22-15-16(2)13-14-23(22)34-4/h6-15H,5H2,1-4H3,(H,28,33). The predicted octanol–water partition coefficient (Wildman–Crippen LogP) is 5.38. The summed E-state index contributed by atoms with van der Waals surface area (Å²) in [6.45, 7) is 5.86. The second kappa shape index (κ2) is 8.59. The first-order valence-electron chi connectivity index (χ1n) is 11.2. The van der Waals surface area contributed by atoms with Crippen molar-refractivity contribution in [1.29, 1.82) is 0 Å². The van der Waals surface area contributed by atoms with Crippen molar-refractivity contribution in [1.82, 2.24) is 19.8 Å². The van der Waals surface area contributed by atoms with Crippen molar-refractivity contribution in [2.24, 2.45) is 0 Å². The van der Waals surface area contributed by atoms with Gasteiger partial charge in [0.05, 0.1) is 29.7 Å². The molecule has 0 aliphatic heterocycles. The van der Waals surface area contributed by atoms with Crippen LogP contribution in [0.25, 0.3) is 27.5 Å². The van der Waals surface area contributed by atoms with Gasteiger partial charge in [-0.2, -0.15) is 5.10 Å². The molecule has 34 heavy (non-hydrogen) atoms. The van der Waals surface area contributed by atoms with E-state index in [1.807, 2.05) is 50.2 Å². The van der Waals surface area contributed by atoms with Crippen LogP contribution >= 0.6 is 0 Å². The molecule has 7 nitrogen and oxygen atoms in total. The van der Waals surface area contributed by atoms with E-state index in [-0.39, 0.29) is 11.6 Å². The topological polar surface area (TPSA) is 81.4 Å². The zero-order chi connectivity index (χ0) is 23.8. The lowest BCUT2D eigenvalue weighted by Crippen LogP contribution is -2.19. The number of hydrogen-bond donors (Lipinski definition) is 1. The number of aryl methyl sites for hydroxylation is 3. The smallest absolute Gasteiger partial charge is 0.278 e. The quantitative estimate of drug-likeness (QED) is 0.388. The molecule has 1 amide bonds. The Morgan fingerprint density at radius 1 is 1.03 bits per heavy atom. The van der Waals surface area contributed by atoms with Crippen LogP contribution in [-0.2, 0) is 6.42 Å². The average Bonchev–Trinajstić information content (AvgIpc) is 3.23. The van der Waals surface area contributed by atoms with Crippen LogP contribution in [0.2, 0.25) is 0 Å². The van der Waals surface area contributed by atoms with Gasteiger partial charge in [0, 0.05) is 0 Å². The minimum absolute atomic E-state index is 0.214. The summed E-state index contributed by atoms with van der Waals surface area (Å²) >= 11 is 0. The summed E-state index contributed by atoms with van der Waals surface area (Å²) in [5.41, 5.74) is 5.97. The molecule has 0 saturated heterocycles. The summed E-state index contributed by atoms with van der Waals surface area (Å²) in [6.07, 6.45) is 0.726. The fourth-order valence-corrected chi connectivity index (χ4v) is 4.33. The number of nitrogens with zero attached hydrogens (tertiary/aromatic N) is 4. The Hall–Kier alpha value is -4.26. The third-order valence-corrected chi connectivity index (χ3v) is 6.05. The normalized spacial score (nSPS) is 11.2. The molecule has 1 N–H and O–H groups in total. The number of fused-ring (bicyclic) bond motifs is 2. The predicted molar refractivity (Wildman–Crippen MR) is 134 cm³/mol. The molecule has 2 heterocycles. The number of amides is 1. The summed E-state index contributed by atoms with van der Waals surface area (Å²) in [5.74, 6) is 0.215. The molecule has 170 valence electrons. The molecule has 0 fully saturated rings. The molecule has 7 heteroatoms. The van der Waals surface area contributed by atoms with E-state index in [4.69, 9.17) is 9.84 Å². The molecule has 0 unspecified atom stereocenters. The molecule has 5 rings (SSSR count). The van der Waals surface area contributed by atoms with Gasteiger partial charge in [-0.05, 0) is 54.3 Å². The molecule has 0 saturated carbocycles. The summed E-state index contributed by atoms with van der Waals surface area (Å²) in [5, 5.41) is 18.8.